The summed E-state index contributed by atoms with van der Waals surface area (Å²) in [7, 11) is 1.58. The van der Waals surface area contributed by atoms with E-state index in [9.17, 15) is 4.79 Å². The van der Waals surface area contributed by atoms with E-state index < -0.39 is 6.04 Å². The van der Waals surface area contributed by atoms with E-state index >= 15 is 0 Å². The zero-order valence-corrected chi connectivity index (χ0v) is 15.4. The molecule has 0 aliphatic heterocycles. The summed E-state index contributed by atoms with van der Waals surface area (Å²) in [6, 6.07) is 14.0. The molecule has 2 aromatic carbocycles. The molecule has 7 heteroatoms. The summed E-state index contributed by atoms with van der Waals surface area (Å²) in [5.41, 5.74) is 1.17. The van der Waals surface area contributed by atoms with Crippen LogP contribution in [0.5, 0.6) is 11.5 Å². The molecule has 7 nitrogen and oxygen atoms in total. The minimum absolute atomic E-state index is 0.274. The third-order valence-corrected chi connectivity index (χ3v) is 3.94. The Labute approximate surface area is 157 Å². The van der Waals surface area contributed by atoms with E-state index in [4.69, 9.17) is 14.0 Å². The van der Waals surface area contributed by atoms with Gasteiger partial charge in [-0.25, -0.2) is 0 Å². The van der Waals surface area contributed by atoms with Crippen LogP contribution in [-0.4, -0.2) is 29.8 Å². The van der Waals surface area contributed by atoms with Crippen LogP contribution in [-0.2, 0) is 0 Å². The lowest BCUT2D eigenvalue weighted by Crippen LogP contribution is -2.27. The van der Waals surface area contributed by atoms with Gasteiger partial charge >= 0.3 is 0 Å². The average Bonchev–Trinajstić information content (AvgIpc) is 3.18. The van der Waals surface area contributed by atoms with Crippen LogP contribution in [0.2, 0.25) is 0 Å². The quantitative estimate of drug-likeness (QED) is 0.686. The van der Waals surface area contributed by atoms with E-state index in [1.807, 2.05) is 37.3 Å². The summed E-state index contributed by atoms with van der Waals surface area (Å²) in [5.74, 6) is 1.61. The molecule has 0 saturated heterocycles. The Morgan fingerprint density at radius 3 is 2.59 bits per heavy atom. The number of methoxy groups -OCH3 is 1. The Morgan fingerprint density at radius 1 is 1.15 bits per heavy atom. The molecule has 0 saturated carbocycles. The van der Waals surface area contributed by atoms with E-state index in [0.29, 0.717) is 35.4 Å². The molecule has 140 valence electrons. The van der Waals surface area contributed by atoms with Gasteiger partial charge in [0.25, 0.3) is 5.91 Å². The number of ether oxygens (including phenoxy) is 2. The topological polar surface area (TPSA) is 86.5 Å². The number of hydrogen-bond acceptors (Lipinski definition) is 6. The van der Waals surface area contributed by atoms with Crippen LogP contribution in [0.4, 0.5) is 0 Å². The third-order valence-electron chi connectivity index (χ3n) is 3.94. The van der Waals surface area contributed by atoms with Crippen LogP contribution < -0.4 is 14.8 Å². The monoisotopic (exact) mass is 367 g/mol. The number of carbonyl (C=O) groups excluding carboxylic acids is 1. The van der Waals surface area contributed by atoms with Crippen molar-refractivity contribution in [2.24, 2.45) is 0 Å². The molecule has 1 N–H and O–H groups in total. The number of carbonyl (C=O) groups is 1. The number of amides is 1. The summed E-state index contributed by atoms with van der Waals surface area (Å²) in [4.78, 5) is 17.0. The molecular weight excluding hydrogens is 346 g/mol. The van der Waals surface area contributed by atoms with Gasteiger partial charge in [-0.05, 0) is 38.1 Å². The number of nitrogens with one attached hydrogen (secondary N) is 1. The van der Waals surface area contributed by atoms with Gasteiger partial charge in [0.2, 0.25) is 11.7 Å². The van der Waals surface area contributed by atoms with Gasteiger partial charge in [0.1, 0.15) is 17.5 Å². The highest BCUT2D eigenvalue weighted by atomic mass is 16.5. The van der Waals surface area contributed by atoms with Crippen LogP contribution >= 0.6 is 0 Å². The molecule has 3 aromatic rings. The van der Waals surface area contributed by atoms with Crippen molar-refractivity contribution >= 4 is 5.91 Å². The zero-order valence-electron chi connectivity index (χ0n) is 15.4. The fourth-order valence-corrected chi connectivity index (χ4v) is 2.62. The number of nitrogens with zero attached hydrogens (tertiary/aromatic N) is 2. The Balaban J connectivity index is 1.77. The molecule has 0 aliphatic rings. The van der Waals surface area contributed by atoms with Crippen LogP contribution in [0.1, 0.15) is 36.1 Å². The molecular formula is C20H21N3O4. The number of rotatable bonds is 7. The lowest BCUT2D eigenvalue weighted by Gasteiger charge is -2.12. The standard InChI is InChI=1S/C20H21N3O4/c1-4-26-17-12-8-6-10-15(17)19(24)21-13(2)20-22-18(23-27-20)14-9-5-7-11-16(14)25-3/h5-13H,4H2,1-3H3,(H,21,24)/t13-/m1/s1. The molecule has 3 rings (SSSR count). The predicted octanol–water partition coefficient (Wildman–Crippen LogP) is 3.63. The van der Waals surface area contributed by atoms with E-state index in [2.05, 4.69) is 15.5 Å². The Morgan fingerprint density at radius 2 is 1.85 bits per heavy atom. The molecule has 1 heterocycles. The lowest BCUT2D eigenvalue weighted by atomic mass is 10.1. The maximum absolute atomic E-state index is 12.6. The van der Waals surface area contributed by atoms with Crippen molar-refractivity contribution in [2.45, 2.75) is 19.9 Å². The first kappa shape index (κ1) is 18.4. The maximum atomic E-state index is 12.6. The largest absolute Gasteiger partial charge is 0.496 e. The van der Waals surface area contributed by atoms with E-state index in [-0.39, 0.29) is 5.91 Å². The van der Waals surface area contributed by atoms with Gasteiger partial charge < -0.3 is 19.3 Å². The number of benzene rings is 2. The highest BCUT2D eigenvalue weighted by Crippen LogP contribution is 2.28. The minimum atomic E-state index is -0.469. The Kier molecular flexibility index (Phi) is 5.71. The fraction of sp³-hybridized carbons (Fsp3) is 0.250. The zero-order chi connectivity index (χ0) is 19.2. The molecule has 1 aromatic heterocycles. The average molecular weight is 367 g/mol. The molecule has 27 heavy (non-hydrogen) atoms. The number of hydrogen-bond donors (Lipinski definition) is 1. The summed E-state index contributed by atoms with van der Waals surface area (Å²) in [6.45, 7) is 4.13. The number of aromatic nitrogens is 2. The van der Waals surface area contributed by atoms with Crippen molar-refractivity contribution in [3.63, 3.8) is 0 Å². The van der Waals surface area contributed by atoms with Crippen LogP contribution in [0, 0.1) is 0 Å². The van der Waals surface area contributed by atoms with Gasteiger partial charge in [0, 0.05) is 0 Å². The summed E-state index contributed by atoms with van der Waals surface area (Å²) in [6.07, 6.45) is 0. The summed E-state index contributed by atoms with van der Waals surface area (Å²) >= 11 is 0. The second kappa shape index (κ2) is 8.35. The van der Waals surface area contributed by atoms with Crippen molar-refractivity contribution in [1.29, 1.82) is 0 Å². The van der Waals surface area contributed by atoms with E-state index in [1.54, 1.807) is 32.2 Å². The summed E-state index contributed by atoms with van der Waals surface area (Å²) in [5, 5.41) is 6.86. The molecule has 0 aliphatic carbocycles. The van der Waals surface area contributed by atoms with E-state index in [1.165, 1.54) is 0 Å². The molecule has 0 spiro atoms. The van der Waals surface area contributed by atoms with Gasteiger partial charge in [0.15, 0.2) is 0 Å². The smallest absolute Gasteiger partial charge is 0.255 e. The highest BCUT2D eigenvalue weighted by molar-refractivity contribution is 5.97. The Bertz CT molecular complexity index is 923. The second-order valence-corrected chi connectivity index (χ2v) is 5.78. The maximum Gasteiger partial charge on any atom is 0.255 e. The van der Waals surface area contributed by atoms with Crippen molar-refractivity contribution in [3.05, 3.63) is 60.0 Å². The first-order valence-corrected chi connectivity index (χ1v) is 8.63. The minimum Gasteiger partial charge on any atom is -0.496 e. The molecule has 1 amide bonds. The second-order valence-electron chi connectivity index (χ2n) is 5.78. The van der Waals surface area contributed by atoms with Crippen molar-refractivity contribution < 1.29 is 18.8 Å². The van der Waals surface area contributed by atoms with Gasteiger partial charge in [-0.2, -0.15) is 4.98 Å². The van der Waals surface area contributed by atoms with Crippen molar-refractivity contribution in [2.75, 3.05) is 13.7 Å². The van der Waals surface area contributed by atoms with Crippen molar-refractivity contribution in [3.8, 4) is 22.9 Å². The van der Waals surface area contributed by atoms with Gasteiger partial charge in [-0.15, -0.1) is 0 Å². The predicted molar refractivity (Wildman–Crippen MR) is 99.8 cm³/mol. The molecule has 0 radical (unpaired) electrons. The SMILES string of the molecule is CCOc1ccccc1C(=O)N[C@H](C)c1nc(-c2ccccc2OC)no1. The Hall–Kier alpha value is -3.35. The molecule has 0 unspecified atom stereocenters. The first-order chi connectivity index (χ1) is 13.1. The van der Waals surface area contributed by atoms with Crippen LogP contribution in [0.3, 0.4) is 0 Å². The van der Waals surface area contributed by atoms with Crippen LogP contribution in [0.15, 0.2) is 53.1 Å². The normalized spacial score (nSPS) is 11.7. The molecule has 0 fully saturated rings. The summed E-state index contributed by atoms with van der Waals surface area (Å²) < 4.78 is 16.2. The molecule has 0 bridgehead atoms. The molecule has 1 atom stereocenters. The highest BCUT2D eigenvalue weighted by Gasteiger charge is 2.21. The first-order valence-electron chi connectivity index (χ1n) is 8.63. The third kappa shape index (κ3) is 4.08. The van der Waals surface area contributed by atoms with Crippen LogP contribution in [0.25, 0.3) is 11.4 Å². The van der Waals surface area contributed by atoms with Gasteiger partial charge in [-0.1, -0.05) is 29.4 Å². The van der Waals surface area contributed by atoms with E-state index in [0.717, 1.165) is 5.56 Å². The van der Waals surface area contributed by atoms with Gasteiger partial charge in [0.05, 0.1) is 24.8 Å². The number of para-hydroxylation sites is 2. The van der Waals surface area contributed by atoms with Crippen molar-refractivity contribution in [1.82, 2.24) is 15.5 Å². The lowest BCUT2D eigenvalue weighted by molar-refractivity contribution is 0.0928. The fourth-order valence-electron chi connectivity index (χ4n) is 2.62. The van der Waals surface area contributed by atoms with Gasteiger partial charge in [-0.3, -0.25) is 4.79 Å².